The Balaban J connectivity index is 2.17. The number of hydrogen-bond acceptors (Lipinski definition) is 2. The molecule has 0 amide bonds. The molecule has 54 valence electrons. The highest BCUT2D eigenvalue weighted by molar-refractivity contribution is 5.05. The quantitative estimate of drug-likeness (QED) is 0.624. The molecule has 3 heteroatoms. The molecule has 0 aliphatic carbocycles. The summed E-state index contributed by atoms with van der Waals surface area (Å²) in [5.74, 6) is 1.59. The Morgan fingerprint density at radius 3 is 2.90 bits per heavy atom. The fourth-order valence-corrected chi connectivity index (χ4v) is 1.04. The van der Waals surface area contributed by atoms with Crippen LogP contribution in [0.4, 0.5) is 0 Å². The van der Waals surface area contributed by atoms with Gasteiger partial charge in [-0.25, -0.2) is 4.98 Å². The molecular weight excluding hydrogens is 128 g/mol. The summed E-state index contributed by atoms with van der Waals surface area (Å²) in [6.45, 7) is 3.64. The Morgan fingerprint density at radius 2 is 2.50 bits per heavy atom. The summed E-state index contributed by atoms with van der Waals surface area (Å²) in [6.07, 6.45) is 1.92. The van der Waals surface area contributed by atoms with E-state index in [9.17, 15) is 0 Å². The fraction of sp³-hybridized carbons (Fsp3) is 0.571. The lowest BCUT2D eigenvalue weighted by molar-refractivity contribution is 0.00516. The van der Waals surface area contributed by atoms with Crippen molar-refractivity contribution in [3.8, 4) is 0 Å². The van der Waals surface area contributed by atoms with Crippen molar-refractivity contribution in [3.05, 3.63) is 17.7 Å². The van der Waals surface area contributed by atoms with E-state index in [4.69, 9.17) is 4.74 Å². The standard InChI is InChI=1S/C7H10N2O/c1-5-2-8-7(9-5)6-3-10-4-6/h2,6H,3-4H2,1H3,(H,8,9). The fourth-order valence-electron chi connectivity index (χ4n) is 1.04. The first-order valence-electron chi connectivity index (χ1n) is 3.46. The molecule has 0 spiro atoms. The molecule has 0 bridgehead atoms. The predicted octanol–water partition coefficient (Wildman–Crippen LogP) is 0.832. The Kier molecular flexibility index (Phi) is 1.24. The normalized spacial score (nSPS) is 18.9. The summed E-state index contributed by atoms with van der Waals surface area (Å²) in [4.78, 5) is 7.41. The van der Waals surface area contributed by atoms with Crippen molar-refractivity contribution < 1.29 is 4.74 Å². The van der Waals surface area contributed by atoms with E-state index in [1.54, 1.807) is 0 Å². The molecule has 1 aromatic heterocycles. The molecule has 0 unspecified atom stereocenters. The van der Waals surface area contributed by atoms with Gasteiger partial charge in [0.05, 0.1) is 24.8 Å². The van der Waals surface area contributed by atoms with Crippen molar-refractivity contribution in [2.45, 2.75) is 12.8 Å². The highest BCUT2D eigenvalue weighted by Gasteiger charge is 2.22. The summed E-state index contributed by atoms with van der Waals surface area (Å²) in [6, 6.07) is 0. The lowest BCUT2D eigenvalue weighted by atomic mass is 10.1. The first-order valence-corrected chi connectivity index (χ1v) is 3.46. The van der Waals surface area contributed by atoms with Gasteiger partial charge in [-0.15, -0.1) is 0 Å². The van der Waals surface area contributed by atoms with Gasteiger partial charge in [0, 0.05) is 6.20 Å². The number of nitrogens with one attached hydrogen (secondary N) is 1. The Morgan fingerprint density at radius 1 is 1.70 bits per heavy atom. The molecule has 0 atom stereocenters. The van der Waals surface area contributed by atoms with E-state index in [2.05, 4.69) is 9.97 Å². The summed E-state index contributed by atoms with van der Waals surface area (Å²) >= 11 is 0. The molecule has 2 rings (SSSR count). The van der Waals surface area contributed by atoms with Crippen LogP contribution in [0.25, 0.3) is 0 Å². The van der Waals surface area contributed by atoms with Crippen LogP contribution in [-0.4, -0.2) is 23.2 Å². The van der Waals surface area contributed by atoms with E-state index in [0.29, 0.717) is 5.92 Å². The van der Waals surface area contributed by atoms with Crippen LogP contribution in [-0.2, 0) is 4.74 Å². The lowest BCUT2D eigenvalue weighted by Crippen LogP contribution is -2.26. The number of aromatic amines is 1. The molecule has 1 aliphatic rings. The average molecular weight is 138 g/mol. The zero-order valence-corrected chi connectivity index (χ0v) is 5.92. The minimum absolute atomic E-state index is 0.522. The zero-order chi connectivity index (χ0) is 6.97. The van der Waals surface area contributed by atoms with E-state index >= 15 is 0 Å². The number of aryl methyl sites for hydroxylation is 1. The maximum Gasteiger partial charge on any atom is 0.114 e. The monoisotopic (exact) mass is 138 g/mol. The number of H-pyrrole nitrogens is 1. The molecule has 2 heterocycles. The van der Waals surface area contributed by atoms with Gasteiger partial charge in [-0.05, 0) is 6.92 Å². The second-order valence-electron chi connectivity index (χ2n) is 2.66. The van der Waals surface area contributed by atoms with Crippen LogP contribution in [0, 0.1) is 6.92 Å². The molecule has 10 heavy (non-hydrogen) atoms. The van der Waals surface area contributed by atoms with Crippen LogP contribution in [0.3, 0.4) is 0 Å². The zero-order valence-electron chi connectivity index (χ0n) is 5.92. The maximum atomic E-state index is 5.04. The summed E-state index contributed by atoms with van der Waals surface area (Å²) in [7, 11) is 0. The summed E-state index contributed by atoms with van der Waals surface area (Å²) in [5.41, 5.74) is 1.06. The molecule has 3 nitrogen and oxygen atoms in total. The molecular formula is C7H10N2O. The van der Waals surface area contributed by atoms with Crippen molar-refractivity contribution in [2.24, 2.45) is 0 Å². The van der Waals surface area contributed by atoms with Gasteiger partial charge in [-0.1, -0.05) is 0 Å². The van der Waals surface area contributed by atoms with Crippen LogP contribution in [0.1, 0.15) is 17.4 Å². The van der Waals surface area contributed by atoms with Gasteiger partial charge in [0.15, 0.2) is 0 Å². The third kappa shape index (κ3) is 0.827. The predicted molar refractivity (Wildman–Crippen MR) is 36.9 cm³/mol. The number of ether oxygens (including phenoxy) is 1. The van der Waals surface area contributed by atoms with Crippen LogP contribution in [0.15, 0.2) is 6.20 Å². The van der Waals surface area contributed by atoms with Crippen molar-refractivity contribution >= 4 is 0 Å². The van der Waals surface area contributed by atoms with Crippen molar-refractivity contribution in [3.63, 3.8) is 0 Å². The Labute approximate surface area is 59.4 Å². The minimum atomic E-state index is 0.522. The largest absolute Gasteiger partial charge is 0.380 e. The van der Waals surface area contributed by atoms with E-state index in [0.717, 1.165) is 24.7 Å². The number of rotatable bonds is 1. The molecule has 0 radical (unpaired) electrons. The van der Waals surface area contributed by atoms with Crippen LogP contribution >= 0.6 is 0 Å². The van der Waals surface area contributed by atoms with Crippen LogP contribution in [0.2, 0.25) is 0 Å². The summed E-state index contributed by atoms with van der Waals surface area (Å²) in [5, 5.41) is 0. The van der Waals surface area contributed by atoms with E-state index in [-0.39, 0.29) is 0 Å². The molecule has 1 fully saturated rings. The van der Waals surface area contributed by atoms with Crippen LogP contribution < -0.4 is 0 Å². The van der Waals surface area contributed by atoms with Gasteiger partial charge in [0.2, 0.25) is 0 Å². The smallest absolute Gasteiger partial charge is 0.114 e. The second kappa shape index (κ2) is 2.09. The third-order valence-corrected chi connectivity index (χ3v) is 1.75. The number of hydrogen-bond donors (Lipinski definition) is 1. The first-order chi connectivity index (χ1) is 4.86. The third-order valence-electron chi connectivity index (χ3n) is 1.75. The summed E-state index contributed by atoms with van der Waals surface area (Å²) < 4.78 is 5.04. The highest BCUT2D eigenvalue weighted by Crippen LogP contribution is 2.20. The van der Waals surface area contributed by atoms with E-state index < -0.39 is 0 Å². The van der Waals surface area contributed by atoms with Gasteiger partial charge < -0.3 is 9.72 Å². The highest BCUT2D eigenvalue weighted by atomic mass is 16.5. The van der Waals surface area contributed by atoms with E-state index in [1.807, 2.05) is 13.1 Å². The first kappa shape index (κ1) is 5.92. The average Bonchev–Trinajstić information content (AvgIpc) is 2.10. The molecule has 1 saturated heterocycles. The topological polar surface area (TPSA) is 37.9 Å². The molecule has 1 aromatic rings. The number of nitrogens with zero attached hydrogens (tertiary/aromatic N) is 1. The van der Waals surface area contributed by atoms with Crippen molar-refractivity contribution in [2.75, 3.05) is 13.2 Å². The molecule has 0 saturated carbocycles. The van der Waals surface area contributed by atoms with Gasteiger partial charge in [0.1, 0.15) is 5.82 Å². The molecule has 0 aromatic carbocycles. The Bertz CT molecular complexity index is 227. The van der Waals surface area contributed by atoms with Crippen molar-refractivity contribution in [1.29, 1.82) is 0 Å². The SMILES string of the molecule is Cc1c[nH]c(C2COC2)n1. The maximum absolute atomic E-state index is 5.04. The van der Waals surface area contributed by atoms with Crippen molar-refractivity contribution in [1.82, 2.24) is 9.97 Å². The minimum Gasteiger partial charge on any atom is -0.380 e. The van der Waals surface area contributed by atoms with Gasteiger partial charge >= 0.3 is 0 Å². The molecule has 1 aliphatic heterocycles. The van der Waals surface area contributed by atoms with Crippen LogP contribution in [0.5, 0.6) is 0 Å². The van der Waals surface area contributed by atoms with E-state index in [1.165, 1.54) is 0 Å². The van der Waals surface area contributed by atoms with Gasteiger partial charge in [-0.3, -0.25) is 0 Å². The Hall–Kier alpha value is -0.830. The molecule has 1 N–H and O–H groups in total. The second-order valence-corrected chi connectivity index (χ2v) is 2.66. The van der Waals surface area contributed by atoms with Gasteiger partial charge in [0.25, 0.3) is 0 Å². The van der Waals surface area contributed by atoms with Gasteiger partial charge in [-0.2, -0.15) is 0 Å². The lowest BCUT2D eigenvalue weighted by Gasteiger charge is -2.23. The number of aromatic nitrogens is 2. The number of imidazole rings is 1.